The van der Waals surface area contributed by atoms with E-state index in [1.807, 2.05) is 24.3 Å². The van der Waals surface area contributed by atoms with Crippen LogP contribution in [0.15, 0.2) is 33.9 Å². The molecule has 7 heteroatoms. The first-order valence-corrected chi connectivity index (χ1v) is 6.73. The first-order valence-electron chi connectivity index (χ1n) is 6.73. The maximum absolute atomic E-state index is 12.5. The largest absolute Gasteiger partial charge is 0.497 e. The highest BCUT2D eigenvalue weighted by atomic mass is 16.5. The van der Waals surface area contributed by atoms with E-state index in [1.165, 1.54) is 11.6 Å². The quantitative estimate of drug-likeness (QED) is 0.696. The van der Waals surface area contributed by atoms with Crippen LogP contribution in [-0.2, 0) is 21.1 Å². The Morgan fingerprint density at radius 3 is 2.23 bits per heavy atom. The van der Waals surface area contributed by atoms with Gasteiger partial charge in [-0.1, -0.05) is 0 Å². The van der Waals surface area contributed by atoms with E-state index in [9.17, 15) is 9.59 Å². The molecule has 2 aromatic heterocycles. The van der Waals surface area contributed by atoms with Crippen LogP contribution in [0.5, 0.6) is 5.75 Å². The van der Waals surface area contributed by atoms with Crippen LogP contribution in [-0.4, -0.2) is 26.0 Å². The van der Waals surface area contributed by atoms with Crippen LogP contribution in [0.4, 0.5) is 0 Å². The summed E-state index contributed by atoms with van der Waals surface area (Å²) in [5.41, 5.74) is 1.12. The Bertz CT molecular complexity index is 977. The predicted octanol–water partition coefficient (Wildman–Crippen LogP) is 0.646. The summed E-state index contributed by atoms with van der Waals surface area (Å²) in [7, 11) is 6.41. The predicted molar refractivity (Wildman–Crippen MR) is 83.2 cm³/mol. The zero-order valence-corrected chi connectivity index (χ0v) is 12.8. The summed E-state index contributed by atoms with van der Waals surface area (Å²) in [6.07, 6.45) is 0. The number of nitrogens with zero attached hydrogens (tertiary/aromatic N) is 4. The Hall–Kier alpha value is -2.83. The van der Waals surface area contributed by atoms with Gasteiger partial charge in [-0.15, -0.1) is 0 Å². The van der Waals surface area contributed by atoms with E-state index in [4.69, 9.17) is 4.74 Å². The number of fused-ring (bicyclic) bond motifs is 1. The second-order valence-corrected chi connectivity index (χ2v) is 5.11. The van der Waals surface area contributed by atoms with E-state index in [0.717, 1.165) is 15.9 Å². The van der Waals surface area contributed by atoms with Crippen LogP contribution in [0, 0.1) is 0 Å². The van der Waals surface area contributed by atoms with Crippen molar-refractivity contribution in [3.8, 4) is 17.0 Å². The SMILES string of the molecule is COc1ccc(-c2nn(C)c3c2c(=O)n(C)c(=O)n3C)cc1. The number of aromatic nitrogens is 4. The minimum atomic E-state index is -0.373. The molecule has 0 amide bonds. The Balaban J connectivity index is 2.41. The minimum Gasteiger partial charge on any atom is -0.497 e. The number of methoxy groups -OCH3 is 1. The monoisotopic (exact) mass is 300 g/mol. The molecule has 2 heterocycles. The number of benzene rings is 1. The highest BCUT2D eigenvalue weighted by Crippen LogP contribution is 2.26. The van der Waals surface area contributed by atoms with Crippen LogP contribution in [0.2, 0.25) is 0 Å². The molecule has 0 N–H and O–H groups in total. The maximum atomic E-state index is 12.5. The smallest absolute Gasteiger partial charge is 0.332 e. The molecular weight excluding hydrogens is 284 g/mol. The van der Waals surface area contributed by atoms with Gasteiger partial charge in [0.2, 0.25) is 0 Å². The molecule has 22 heavy (non-hydrogen) atoms. The lowest BCUT2D eigenvalue weighted by Gasteiger charge is -2.05. The van der Waals surface area contributed by atoms with E-state index < -0.39 is 0 Å². The third-order valence-corrected chi connectivity index (χ3v) is 3.79. The first kappa shape index (κ1) is 14.1. The van der Waals surface area contributed by atoms with E-state index >= 15 is 0 Å². The topological polar surface area (TPSA) is 71.1 Å². The summed E-state index contributed by atoms with van der Waals surface area (Å²) < 4.78 is 9.21. The molecule has 0 aliphatic heterocycles. The van der Waals surface area contributed by atoms with Crippen molar-refractivity contribution in [3.05, 3.63) is 45.1 Å². The molecule has 0 saturated carbocycles. The Morgan fingerprint density at radius 1 is 1.00 bits per heavy atom. The van der Waals surface area contributed by atoms with Crippen molar-refractivity contribution >= 4 is 11.0 Å². The molecule has 0 radical (unpaired) electrons. The maximum Gasteiger partial charge on any atom is 0.332 e. The van der Waals surface area contributed by atoms with Gasteiger partial charge >= 0.3 is 5.69 Å². The molecule has 0 saturated heterocycles. The van der Waals surface area contributed by atoms with Crippen LogP contribution < -0.4 is 16.0 Å². The fourth-order valence-corrected chi connectivity index (χ4v) is 2.62. The van der Waals surface area contributed by atoms with Crippen molar-refractivity contribution in [3.63, 3.8) is 0 Å². The Kier molecular flexibility index (Phi) is 3.13. The van der Waals surface area contributed by atoms with Crippen molar-refractivity contribution in [1.82, 2.24) is 18.9 Å². The lowest BCUT2D eigenvalue weighted by Crippen LogP contribution is -2.37. The second kappa shape index (κ2) is 4.87. The molecule has 0 unspecified atom stereocenters. The number of hydrogen-bond acceptors (Lipinski definition) is 4. The van der Waals surface area contributed by atoms with Crippen molar-refractivity contribution in [2.24, 2.45) is 21.1 Å². The van der Waals surface area contributed by atoms with Gasteiger partial charge in [0, 0.05) is 26.7 Å². The molecule has 7 nitrogen and oxygen atoms in total. The van der Waals surface area contributed by atoms with Crippen LogP contribution in [0.3, 0.4) is 0 Å². The summed E-state index contributed by atoms with van der Waals surface area (Å²) >= 11 is 0. The Labute approximate surface area is 126 Å². The first-order chi connectivity index (χ1) is 10.5. The van der Waals surface area contributed by atoms with Gasteiger partial charge in [-0.25, -0.2) is 4.79 Å². The number of hydrogen-bond donors (Lipinski definition) is 0. The van der Waals surface area contributed by atoms with Crippen LogP contribution >= 0.6 is 0 Å². The number of ether oxygens (including phenoxy) is 1. The van der Waals surface area contributed by atoms with Crippen LogP contribution in [0.25, 0.3) is 22.3 Å². The molecule has 0 aliphatic rings. The zero-order valence-electron chi connectivity index (χ0n) is 12.8. The third-order valence-electron chi connectivity index (χ3n) is 3.79. The normalized spacial score (nSPS) is 11.1. The fourth-order valence-electron chi connectivity index (χ4n) is 2.62. The highest BCUT2D eigenvalue weighted by molar-refractivity contribution is 5.90. The average molecular weight is 300 g/mol. The van der Waals surface area contributed by atoms with Gasteiger partial charge in [-0.3, -0.25) is 18.6 Å². The van der Waals surface area contributed by atoms with Gasteiger partial charge in [0.05, 0.1) is 7.11 Å². The second-order valence-electron chi connectivity index (χ2n) is 5.11. The van der Waals surface area contributed by atoms with E-state index in [1.54, 1.807) is 25.9 Å². The standard InChI is InChI=1S/C15H16N4O3/c1-17-13-11(14(20)18(2)15(17)21)12(16-19(13)3)9-5-7-10(22-4)8-6-9/h5-8H,1-4H3. The minimum absolute atomic E-state index is 0.350. The molecule has 3 aromatic rings. The molecule has 114 valence electrons. The molecule has 0 fully saturated rings. The summed E-state index contributed by atoms with van der Waals surface area (Å²) in [6, 6.07) is 7.29. The van der Waals surface area contributed by atoms with Gasteiger partial charge in [-0.2, -0.15) is 5.10 Å². The van der Waals surface area contributed by atoms with Gasteiger partial charge < -0.3 is 4.74 Å². The summed E-state index contributed by atoms with van der Waals surface area (Å²) in [5.74, 6) is 0.726. The fraction of sp³-hybridized carbons (Fsp3) is 0.267. The van der Waals surface area contributed by atoms with Crippen LogP contribution in [0.1, 0.15) is 0 Å². The molecule has 0 spiro atoms. The van der Waals surface area contributed by atoms with E-state index in [0.29, 0.717) is 16.7 Å². The third kappa shape index (κ3) is 1.86. The average Bonchev–Trinajstić information content (AvgIpc) is 2.88. The summed E-state index contributed by atoms with van der Waals surface area (Å²) in [5, 5.41) is 4.85. The molecule has 1 aromatic carbocycles. The van der Waals surface area contributed by atoms with Gasteiger partial charge in [0.25, 0.3) is 5.56 Å². The summed E-state index contributed by atoms with van der Waals surface area (Å²) in [6.45, 7) is 0. The van der Waals surface area contributed by atoms with Crippen molar-refractivity contribution in [2.75, 3.05) is 7.11 Å². The van der Waals surface area contributed by atoms with Crippen molar-refractivity contribution < 1.29 is 4.74 Å². The van der Waals surface area contributed by atoms with Crippen molar-refractivity contribution in [2.45, 2.75) is 0 Å². The Morgan fingerprint density at radius 2 is 1.64 bits per heavy atom. The number of rotatable bonds is 2. The highest BCUT2D eigenvalue weighted by Gasteiger charge is 2.19. The summed E-state index contributed by atoms with van der Waals surface area (Å²) in [4.78, 5) is 24.6. The van der Waals surface area contributed by atoms with E-state index in [-0.39, 0.29) is 11.2 Å². The molecule has 0 aliphatic carbocycles. The zero-order chi connectivity index (χ0) is 16.0. The molecule has 3 rings (SSSR count). The molecule has 0 atom stereocenters. The van der Waals surface area contributed by atoms with E-state index in [2.05, 4.69) is 5.10 Å². The lowest BCUT2D eigenvalue weighted by molar-refractivity contribution is 0.415. The molecule has 0 bridgehead atoms. The lowest BCUT2D eigenvalue weighted by atomic mass is 10.1. The van der Waals surface area contributed by atoms with Gasteiger partial charge in [-0.05, 0) is 24.3 Å². The van der Waals surface area contributed by atoms with Gasteiger partial charge in [0.1, 0.15) is 22.5 Å². The van der Waals surface area contributed by atoms with Crippen molar-refractivity contribution in [1.29, 1.82) is 0 Å². The number of aryl methyl sites for hydroxylation is 2. The van der Waals surface area contributed by atoms with Gasteiger partial charge in [0.15, 0.2) is 0 Å². The molecular formula is C15H16N4O3.